The number of hydrogen-bond donors (Lipinski definition) is 1. The third kappa shape index (κ3) is 3.27. The van der Waals surface area contributed by atoms with Crippen LogP contribution in [0, 0.1) is 12.7 Å². The number of pyridine rings is 1. The van der Waals surface area contributed by atoms with Gasteiger partial charge in [-0.05, 0) is 52.2 Å². The van der Waals surface area contributed by atoms with Crippen LogP contribution in [0.25, 0.3) is 0 Å². The van der Waals surface area contributed by atoms with E-state index in [0.717, 1.165) is 15.7 Å². The minimum absolute atomic E-state index is 0.313. The highest BCUT2D eigenvalue weighted by Gasteiger charge is 2.00. The van der Waals surface area contributed by atoms with Crippen molar-refractivity contribution in [2.75, 3.05) is 5.32 Å². The van der Waals surface area contributed by atoms with Crippen molar-refractivity contribution >= 4 is 21.6 Å². The first-order valence-electron chi connectivity index (χ1n) is 5.24. The van der Waals surface area contributed by atoms with Crippen molar-refractivity contribution < 1.29 is 4.39 Å². The summed E-state index contributed by atoms with van der Waals surface area (Å²) < 4.78 is 13.9. The van der Waals surface area contributed by atoms with E-state index in [-0.39, 0.29) is 5.82 Å². The minimum Gasteiger partial charge on any atom is -0.380 e. The van der Waals surface area contributed by atoms with Crippen LogP contribution in [-0.2, 0) is 6.54 Å². The molecule has 2 rings (SSSR count). The molecule has 17 heavy (non-hydrogen) atoms. The standard InChI is InChI=1S/C13H12BrFN2/c1-9-2-3-13(12(14)4-9)17-7-10-5-11(15)8-16-6-10/h2-6,8,17H,7H2,1H3. The fraction of sp³-hybridized carbons (Fsp3) is 0.154. The molecule has 0 radical (unpaired) electrons. The van der Waals surface area contributed by atoms with Crippen molar-refractivity contribution in [3.63, 3.8) is 0 Å². The number of aromatic nitrogens is 1. The SMILES string of the molecule is Cc1ccc(NCc2cncc(F)c2)c(Br)c1. The van der Waals surface area contributed by atoms with Gasteiger partial charge in [-0.3, -0.25) is 4.98 Å². The fourth-order valence-electron chi connectivity index (χ4n) is 1.51. The highest BCUT2D eigenvalue weighted by molar-refractivity contribution is 9.10. The summed E-state index contributed by atoms with van der Waals surface area (Å²) in [5, 5.41) is 3.23. The summed E-state index contributed by atoms with van der Waals surface area (Å²) in [6, 6.07) is 7.53. The van der Waals surface area contributed by atoms with E-state index in [0.29, 0.717) is 6.54 Å². The van der Waals surface area contributed by atoms with Gasteiger partial charge in [0.25, 0.3) is 0 Å². The fourth-order valence-corrected chi connectivity index (χ4v) is 2.15. The normalized spacial score (nSPS) is 10.3. The topological polar surface area (TPSA) is 24.9 Å². The van der Waals surface area contributed by atoms with Crippen molar-refractivity contribution in [3.8, 4) is 0 Å². The van der Waals surface area contributed by atoms with Crippen LogP contribution in [0.5, 0.6) is 0 Å². The molecule has 1 N–H and O–H groups in total. The number of hydrogen-bond acceptors (Lipinski definition) is 2. The van der Waals surface area contributed by atoms with Crippen LogP contribution in [-0.4, -0.2) is 4.98 Å². The molecular weight excluding hydrogens is 283 g/mol. The van der Waals surface area contributed by atoms with Crippen LogP contribution < -0.4 is 5.32 Å². The number of nitrogens with zero attached hydrogens (tertiary/aromatic N) is 1. The lowest BCUT2D eigenvalue weighted by Crippen LogP contribution is -2.01. The maximum absolute atomic E-state index is 12.9. The maximum Gasteiger partial charge on any atom is 0.141 e. The molecule has 0 spiro atoms. The largest absolute Gasteiger partial charge is 0.380 e. The molecule has 0 unspecified atom stereocenters. The number of aryl methyl sites for hydroxylation is 1. The van der Waals surface area contributed by atoms with Gasteiger partial charge in [0, 0.05) is 22.9 Å². The smallest absolute Gasteiger partial charge is 0.141 e. The zero-order valence-corrected chi connectivity index (χ0v) is 11.0. The summed E-state index contributed by atoms with van der Waals surface area (Å²) in [7, 11) is 0. The third-order valence-electron chi connectivity index (χ3n) is 2.37. The van der Waals surface area contributed by atoms with Gasteiger partial charge in [0.1, 0.15) is 5.82 Å². The second-order valence-corrected chi connectivity index (χ2v) is 4.70. The van der Waals surface area contributed by atoms with Crippen molar-refractivity contribution in [2.45, 2.75) is 13.5 Å². The van der Waals surface area contributed by atoms with E-state index >= 15 is 0 Å². The predicted octanol–water partition coefficient (Wildman–Crippen LogP) is 3.90. The summed E-state index contributed by atoms with van der Waals surface area (Å²) in [6.45, 7) is 2.58. The van der Waals surface area contributed by atoms with Gasteiger partial charge in [0.15, 0.2) is 0 Å². The van der Waals surface area contributed by atoms with Crippen LogP contribution in [0.4, 0.5) is 10.1 Å². The van der Waals surface area contributed by atoms with Crippen molar-refractivity contribution in [1.29, 1.82) is 0 Å². The van der Waals surface area contributed by atoms with Gasteiger partial charge in [-0.15, -0.1) is 0 Å². The first kappa shape index (κ1) is 12.0. The number of nitrogens with one attached hydrogen (secondary N) is 1. The lowest BCUT2D eigenvalue weighted by atomic mass is 10.2. The van der Waals surface area contributed by atoms with Crippen molar-refractivity contribution in [2.24, 2.45) is 0 Å². The van der Waals surface area contributed by atoms with Gasteiger partial charge in [-0.25, -0.2) is 4.39 Å². The van der Waals surface area contributed by atoms with Gasteiger partial charge in [0.05, 0.1) is 6.20 Å². The van der Waals surface area contributed by atoms with Gasteiger partial charge >= 0.3 is 0 Å². The van der Waals surface area contributed by atoms with Crippen LogP contribution in [0.15, 0.2) is 41.1 Å². The van der Waals surface area contributed by atoms with E-state index in [1.807, 2.05) is 25.1 Å². The van der Waals surface area contributed by atoms with Crippen LogP contribution in [0.3, 0.4) is 0 Å². The highest BCUT2D eigenvalue weighted by Crippen LogP contribution is 2.23. The first-order valence-corrected chi connectivity index (χ1v) is 6.04. The number of halogens is 2. The Hall–Kier alpha value is -1.42. The first-order chi connectivity index (χ1) is 8.15. The third-order valence-corrected chi connectivity index (χ3v) is 3.03. The Labute approximate surface area is 108 Å². The molecule has 1 heterocycles. The van der Waals surface area contributed by atoms with Gasteiger partial charge in [-0.2, -0.15) is 0 Å². The number of rotatable bonds is 3. The lowest BCUT2D eigenvalue weighted by Gasteiger charge is -2.09. The average molecular weight is 295 g/mol. The van der Waals surface area contributed by atoms with E-state index in [4.69, 9.17) is 0 Å². The molecule has 0 saturated carbocycles. The lowest BCUT2D eigenvalue weighted by molar-refractivity contribution is 0.619. The Kier molecular flexibility index (Phi) is 3.74. The summed E-state index contributed by atoms with van der Waals surface area (Å²) >= 11 is 3.48. The summed E-state index contributed by atoms with van der Waals surface area (Å²) in [5.74, 6) is -0.313. The van der Waals surface area contributed by atoms with Crippen LogP contribution in [0.2, 0.25) is 0 Å². The van der Waals surface area contributed by atoms with Crippen molar-refractivity contribution in [3.05, 3.63) is 58.1 Å². The summed E-state index contributed by atoms with van der Waals surface area (Å²) in [4.78, 5) is 3.81. The molecule has 4 heteroatoms. The number of benzene rings is 1. The second-order valence-electron chi connectivity index (χ2n) is 3.85. The van der Waals surface area contributed by atoms with E-state index in [1.165, 1.54) is 17.8 Å². The molecule has 0 amide bonds. The Bertz CT molecular complexity index is 529. The molecule has 2 aromatic rings. The predicted molar refractivity (Wildman–Crippen MR) is 70.4 cm³/mol. The van der Waals surface area contributed by atoms with E-state index in [1.54, 1.807) is 6.20 Å². The minimum atomic E-state index is -0.313. The second kappa shape index (κ2) is 5.27. The monoisotopic (exact) mass is 294 g/mol. The molecule has 0 saturated heterocycles. The van der Waals surface area contributed by atoms with Gasteiger partial charge in [-0.1, -0.05) is 6.07 Å². The van der Waals surface area contributed by atoms with Gasteiger partial charge < -0.3 is 5.32 Å². The van der Waals surface area contributed by atoms with E-state index < -0.39 is 0 Å². The molecule has 0 bridgehead atoms. The quantitative estimate of drug-likeness (QED) is 0.928. The zero-order valence-electron chi connectivity index (χ0n) is 9.37. The molecule has 88 valence electrons. The molecule has 2 nitrogen and oxygen atoms in total. The molecule has 0 atom stereocenters. The Morgan fingerprint density at radius 3 is 2.82 bits per heavy atom. The Morgan fingerprint density at radius 2 is 2.12 bits per heavy atom. The summed E-state index contributed by atoms with van der Waals surface area (Å²) in [5.41, 5.74) is 2.99. The average Bonchev–Trinajstić information content (AvgIpc) is 2.28. The molecule has 1 aromatic carbocycles. The molecule has 0 aliphatic heterocycles. The highest BCUT2D eigenvalue weighted by atomic mass is 79.9. The number of anilines is 1. The Morgan fingerprint density at radius 1 is 1.29 bits per heavy atom. The van der Waals surface area contributed by atoms with Crippen LogP contribution in [0.1, 0.15) is 11.1 Å². The van der Waals surface area contributed by atoms with Gasteiger partial charge in [0.2, 0.25) is 0 Å². The summed E-state index contributed by atoms with van der Waals surface area (Å²) in [6.07, 6.45) is 2.85. The molecule has 1 aromatic heterocycles. The zero-order chi connectivity index (χ0) is 12.3. The Balaban J connectivity index is 2.07. The molecule has 0 fully saturated rings. The molecule has 0 aliphatic rings. The van der Waals surface area contributed by atoms with Crippen LogP contribution >= 0.6 is 15.9 Å². The van der Waals surface area contributed by atoms with Crippen molar-refractivity contribution in [1.82, 2.24) is 4.98 Å². The van der Waals surface area contributed by atoms with E-state index in [2.05, 4.69) is 26.2 Å². The molecular formula is C13H12BrFN2. The maximum atomic E-state index is 12.9. The molecule has 0 aliphatic carbocycles. The van der Waals surface area contributed by atoms with E-state index in [9.17, 15) is 4.39 Å².